The minimum Gasteiger partial charge on any atom is -0.294 e. The molecule has 3 heteroatoms. The Bertz CT molecular complexity index is 630. The van der Waals surface area contributed by atoms with E-state index < -0.39 is 5.82 Å². The molecule has 0 saturated carbocycles. The number of benzene rings is 2. The largest absolute Gasteiger partial charge is 0.294 e. The lowest BCUT2D eigenvalue weighted by molar-refractivity contribution is 0.0915. The average molecular weight is 270 g/mol. The van der Waals surface area contributed by atoms with Gasteiger partial charge in [-0.05, 0) is 19.1 Å². The van der Waals surface area contributed by atoms with Gasteiger partial charge in [0.1, 0.15) is 5.82 Å². The number of carbonyl (C=O) groups excluding carboxylic acids is 2. The number of ketones is 2. The van der Waals surface area contributed by atoms with Crippen molar-refractivity contribution in [3.8, 4) is 0 Å². The van der Waals surface area contributed by atoms with Gasteiger partial charge in [-0.3, -0.25) is 9.59 Å². The van der Waals surface area contributed by atoms with Crippen LogP contribution in [0.2, 0.25) is 0 Å². The maximum Gasteiger partial charge on any atom is 0.166 e. The molecule has 0 fully saturated rings. The number of rotatable bonds is 5. The first-order chi connectivity index (χ1) is 9.58. The second-order valence-corrected chi connectivity index (χ2v) is 4.69. The zero-order valence-corrected chi connectivity index (χ0v) is 11.2. The summed E-state index contributed by atoms with van der Waals surface area (Å²) in [7, 11) is 0. The van der Waals surface area contributed by atoms with Crippen molar-refractivity contribution in [1.82, 2.24) is 0 Å². The number of carbonyl (C=O) groups is 2. The van der Waals surface area contributed by atoms with Crippen molar-refractivity contribution in [3.63, 3.8) is 0 Å². The summed E-state index contributed by atoms with van der Waals surface area (Å²) in [6.07, 6.45) is 0.115. The normalized spacial score (nSPS) is 10.3. The smallest absolute Gasteiger partial charge is 0.166 e. The summed E-state index contributed by atoms with van der Waals surface area (Å²) in [6.45, 7) is 1.94. The number of Topliss-reactive ketones (excluding diaryl/α,β-unsaturated/α-hetero) is 2. The topological polar surface area (TPSA) is 34.1 Å². The van der Waals surface area contributed by atoms with Crippen LogP contribution in [0.15, 0.2) is 48.5 Å². The van der Waals surface area contributed by atoms with Crippen molar-refractivity contribution in [3.05, 3.63) is 71.0 Å². The highest BCUT2D eigenvalue weighted by atomic mass is 19.1. The zero-order chi connectivity index (χ0) is 14.5. The quantitative estimate of drug-likeness (QED) is 0.770. The van der Waals surface area contributed by atoms with Gasteiger partial charge < -0.3 is 0 Å². The molecule has 0 aliphatic rings. The molecule has 0 amide bonds. The molecule has 0 N–H and O–H groups in total. The third-order valence-electron chi connectivity index (χ3n) is 3.13. The molecule has 2 aromatic rings. The fraction of sp³-hybridized carbons (Fsp3) is 0.176. The molecule has 0 aliphatic heterocycles. The summed E-state index contributed by atoms with van der Waals surface area (Å²) in [6, 6.07) is 13.0. The van der Waals surface area contributed by atoms with Crippen molar-refractivity contribution in [2.45, 2.75) is 19.8 Å². The van der Waals surface area contributed by atoms with E-state index in [1.165, 1.54) is 18.2 Å². The molecule has 0 radical (unpaired) electrons. The van der Waals surface area contributed by atoms with Crippen LogP contribution >= 0.6 is 0 Å². The van der Waals surface area contributed by atoms with Gasteiger partial charge in [0, 0.05) is 18.4 Å². The van der Waals surface area contributed by atoms with Crippen LogP contribution in [0.25, 0.3) is 0 Å². The fourth-order valence-corrected chi connectivity index (χ4v) is 1.93. The number of aryl methyl sites for hydroxylation is 1. The van der Waals surface area contributed by atoms with E-state index >= 15 is 0 Å². The second kappa shape index (κ2) is 6.24. The Morgan fingerprint density at radius 2 is 1.50 bits per heavy atom. The molecule has 20 heavy (non-hydrogen) atoms. The Hall–Kier alpha value is -2.29. The number of hydrogen-bond donors (Lipinski definition) is 0. The lowest BCUT2D eigenvalue weighted by atomic mass is 10.0. The summed E-state index contributed by atoms with van der Waals surface area (Å²) < 4.78 is 13.4. The van der Waals surface area contributed by atoms with E-state index in [0.29, 0.717) is 5.56 Å². The fourth-order valence-electron chi connectivity index (χ4n) is 1.93. The highest BCUT2D eigenvalue weighted by Crippen LogP contribution is 2.13. The van der Waals surface area contributed by atoms with Crippen molar-refractivity contribution in [2.75, 3.05) is 0 Å². The molecule has 2 rings (SSSR count). The predicted octanol–water partition coefficient (Wildman–Crippen LogP) is 3.98. The molecule has 0 atom stereocenters. The lowest BCUT2D eigenvalue weighted by Crippen LogP contribution is -2.06. The van der Waals surface area contributed by atoms with Crippen LogP contribution in [0.4, 0.5) is 4.39 Å². The molecule has 0 aliphatic carbocycles. The molecule has 2 aromatic carbocycles. The Morgan fingerprint density at radius 1 is 0.900 bits per heavy atom. The highest BCUT2D eigenvalue weighted by molar-refractivity contribution is 6.02. The number of hydrogen-bond acceptors (Lipinski definition) is 2. The molecule has 102 valence electrons. The minimum atomic E-state index is -0.541. The SMILES string of the molecule is Cc1ccc(C(=O)CCC(=O)c2ccccc2F)cc1. The Balaban J connectivity index is 1.99. The highest BCUT2D eigenvalue weighted by Gasteiger charge is 2.13. The molecule has 0 heterocycles. The van der Waals surface area contributed by atoms with Crippen molar-refractivity contribution in [2.24, 2.45) is 0 Å². The van der Waals surface area contributed by atoms with Crippen LogP contribution in [-0.4, -0.2) is 11.6 Å². The van der Waals surface area contributed by atoms with Crippen molar-refractivity contribution < 1.29 is 14.0 Å². The number of halogens is 1. The van der Waals surface area contributed by atoms with Crippen LogP contribution < -0.4 is 0 Å². The van der Waals surface area contributed by atoms with E-state index in [1.54, 1.807) is 18.2 Å². The van der Waals surface area contributed by atoms with E-state index in [-0.39, 0.29) is 30.0 Å². The monoisotopic (exact) mass is 270 g/mol. The first kappa shape index (κ1) is 14.1. The minimum absolute atomic E-state index is 0.0215. The van der Waals surface area contributed by atoms with Crippen LogP contribution in [0.1, 0.15) is 39.1 Å². The summed E-state index contributed by atoms with van der Waals surface area (Å²) in [5, 5.41) is 0. The van der Waals surface area contributed by atoms with Gasteiger partial charge in [-0.15, -0.1) is 0 Å². The summed E-state index contributed by atoms with van der Waals surface area (Å²) in [4.78, 5) is 23.8. The Morgan fingerprint density at radius 3 is 2.15 bits per heavy atom. The van der Waals surface area contributed by atoms with E-state index in [9.17, 15) is 14.0 Å². The lowest BCUT2D eigenvalue weighted by Gasteiger charge is -2.03. The Labute approximate surface area is 117 Å². The predicted molar refractivity (Wildman–Crippen MR) is 75.5 cm³/mol. The third kappa shape index (κ3) is 3.38. The molecular weight excluding hydrogens is 255 g/mol. The van der Waals surface area contributed by atoms with E-state index in [1.807, 2.05) is 19.1 Å². The molecule has 0 bridgehead atoms. The van der Waals surface area contributed by atoms with E-state index in [2.05, 4.69) is 0 Å². The van der Waals surface area contributed by atoms with E-state index in [4.69, 9.17) is 0 Å². The van der Waals surface area contributed by atoms with Crippen molar-refractivity contribution >= 4 is 11.6 Å². The zero-order valence-electron chi connectivity index (χ0n) is 11.2. The van der Waals surface area contributed by atoms with Gasteiger partial charge in [-0.1, -0.05) is 42.0 Å². The van der Waals surface area contributed by atoms with Crippen LogP contribution in [-0.2, 0) is 0 Å². The molecule has 0 saturated heterocycles. The first-order valence-corrected chi connectivity index (χ1v) is 6.45. The van der Waals surface area contributed by atoms with Gasteiger partial charge in [0.05, 0.1) is 5.56 Å². The van der Waals surface area contributed by atoms with Gasteiger partial charge in [0.2, 0.25) is 0 Å². The van der Waals surface area contributed by atoms with Crippen LogP contribution in [0.5, 0.6) is 0 Å². The van der Waals surface area contributed by atoms with E-state index in [0.717, 1.165) is 5.56 Å². The summed E-state index contributed by atoms with van der Waals surface area (Å²) in [5.41, 5.74) is 1.70. The van der Waals surface area contributed by atoms with Gasteiger partial charge in [0.15, 0.2) is 11.6 Å². The van der Waals surface area contributed by atoms with Crippen LogP contribution in [0, 0.1) is 12.7 Å². The maximum atomic E-state index is 13.4. The standard InChI is InChI=1S/C17H15FO2/c1-12-6-8-13(9-7-12)16(19)10-11-17(20)14-4-2-3-5-15(14)18/h2-9H,10-11H2,1H3. The van der Waals surface area contributed by atoms with Crippen LogP contribution in [0.3, 0.4) is 0 Å². The summed E-state index contributed by atoms with van der Waals surface area (Å²) in [5.74, 6) is -0.987. The van der Waals surface area contributed by atoms with Gasteiger partial charge in [-0.25, -0.2) is 4.39 Å². The maximum absolute atomic E-state index is 13.4. The summed E-state index contributed by atoms with van der Waals surface area (Å²) >= 11 is 0. The molecular formula is C17H15FO2. The molecule has 0 unspecified atom stereocenters. The second-order valence-electron chi connectivity index (χ2n) is 4.69. The molecule has 0 spiro atoms. The first-order valence-electron chi connectivity index (χ1n) is 6.45. The molecule has 2 nitrogen and oxygen atoms in total. The molecule has 0 aromatic heterocycles. The van der Waals surface area contributed by atoms with Gasteiger partial charge >= 0.3 is 0 Å². The third-order valence-corrected chi connectivity index (χ3v) is 3.13. The average Bonchev–Trinajstić information content (AvgIpc) is 2.45. The van der Waals surface area contributed by atoms with Gasteiger partial charge in [0.25, 0.3) is 0 Å². The van der Waals surface area contributed by atoms with Gasteiger partial charge in [-0.2, -0.15) is 0 Å². The Kier molecular flexibility index (Phi) is 4.41. The van der Waals surface area contributed by atoms with Crippen molar-refractivity contribution in [1.29, 1.82) is 0 Å².